The molecule has 0 saturated carbocycles. The van der Waals surface area contributed by atoms with Gasteiger partial charge >= 0.3 is 5.97 Å². The van der Waals surface area contributed by atoms with Gasteiger partial charge < -0.3 is 9.84 Å². The Balaban J connectivity index is 2.53. The fourth-order valence-corrected chi connectivity index (χ4v) is 3.63. The van der Waals surface area contributed by atoms with Gasteiger partial charge in [-0.1, -0.05) is 6.92 Å². The van der Waals surface area contributed by atoms with Crippen LogP contribution in [0.1, 0.15) is 33.1 Å². The maximum absolute atomic E-state index is 12.1. The predicted molar refractivity (Wildman–Crippen MR) is 74.2 cm³/mol. The van der Waals surface area contributed by atoms with Gasteiger partial charge in [0.05, 0.1) is 19.1 Å². The van der Waals surface area contributed by atoms with Crippen LogP contribution in [0.4, 0.5) is 0 Å². The molecular weight excluding hydrogens is 284 g/mol. The molecule has 0 bridgehead atoms. The van der Waals surface area contributed by atoms with Crippen molar-refractivity contribution in [3.8, 4) is 0 Å². The third-order valence-electron chi connectivity index (χ3n) is 3.44. The summed E-state index contributed by atoms with van der Waals surface area (Å²) in [7, 11) is -3.60. The van der Waals surface area contributed by atoms with Gasteiger partial charge in [-0.05, 0) is 26.2 Å². The van der Waals surface area contributed by atoms with Crippen molar-refractivity contribution in [2.45, 2.75) is 39.2 Å². The van der Waals surface area contributed by atoms with Crippen molar-refractivity contribution < 1.29 is 23.1 Å². The van der Waals surface area contributed by atoms with Gasteiger partial charge in [0.15, 0.2) is 0 Å². The summed E-state index contributed by atoms with van der Waals surface area (Å²) in [4.78, 5) is 11.6. The van der Waals surface area contributed by atoms with E-state index in [-0.39, 0.29) is 18.5 Å². The first-order chi connectivity index (χ1) is 9.44. The van der Waals surface area contributed by atoms with Gasteiger partial charge in [0.1, 0.15) is 0 Å². The Morgan fingerprint density at radius 3 is 2.45 bits per heavy atom. The number of carbonyl (C=O) groups excluding carboxylic acids is 1. The summed E-state index contributed by atoms with van der Waals surface area (Å²) >= 11 is 0. The number of hydrogen-bond donors (Lipinski definition) is 2. The van der Waals surface area contributed by atoms with Crippen LogP contribution in [0.25, 0.3) is 0 Å². The number of ether oxygens (including phenoxy) is 1. The number of rotatable bonds is 7. The van der Waals surface area contributed by atoms with Gasteiger partial charge in [-0.3, -0.25) is 4.79 Å². The zero-order valence-electron chi connectivity index (χ0n) is 12.0. The molecular formula is C12H24N2O5S. The van der Waals surface area contributed by atoms with E-state index in [1.165, 1.54) is 4.31 Å². The number of esters is 1. The normalized spacial score (nSPS) is 19.8. The zero-order valence-corrected chi connectivity index (χ0v) is 12.9. The Hall–Kier alpha value is -0.700. The smallest absolute Gasteiger partial charge is 0.309 e. The Morgan fingerprint density at radius 1 is 1.40 bits per heavy atom. The summed E-state index contributed by atoms with van der Waals surface area (Å²) in [6, 6.07) is -0.470. The standard InChI is InChI=1S/C12H24N2O5S/c1-3-11(9-15)13-20(17,18)14-7-5-10(6-8-14)12(16)19-4-2/h10-11,13,15H,3-9H2,1-2H3. The lowest BCUT2D eigenvalue weighted by Gasteiger charge is -2.31. The molecule has 1 unspecified atom stereocenters. The molecule has 7 nitrogen and oxygen atoms in total. The lowest BCUT2D eigenvalue weighted by Crippen LogP contribution is -2.49. The Kier molecular flexibility index (Phi) is 6.87. The van der Waals surface area contributed by atoms with Crippen molar-refractivity contribution in [3.63, 3.8) is 0 Å². The van der Waals surface area contributed by atoms with Gasteiger partial charge in [-0.25, -0.2) is 0 Å². The number of aliphatic hydroxyl groups excluding tert-OH is 1. The van der Waals surface area contributed by atoms with Crippen LogP contribution in [-0.4, -0.2) is 56.1 Å². The number of carbonyl (C=O) groups is 1. The van der Waals surface area contributed by atoms with Gasteiger partial charge in [-0.2, -0.15) is 17.4 Å². The number of nitrogens with zero attached hydrogens (tertiary/aromatic N) is 1. The molecule has 20 heavy (non-hydrogen) atoms. The van der Waals surface area contributed by atoms with Crippen LogP contribution in [-0.2, 0) is 19.7 Å². The van der Waals surface area contributed by atoms with Crippen LogP contribution in [0.2, 0.25) is 0 Å². The second kappa shape index (κ2) is 7.92. The van der Waals surface area contributed by atoms with E-state index in [1.807, 2.05) is 0 Å². The van der Waals surface area contributed by atoms with E-state index in [9.17, 15) is 13.2 Å². The van der Waals surface area contributed by atoms with E-state index in [0.717, 1.165) is 0 Å². The monoisotopic (exact) mass is 308 g/mol. The SMILES string of the molecule is CCOC(=O)C1CCN(S(=O)(=O)NC(CC)CO)CC1. The number of hydrogen-bond acceptors (Lipinski definition) is 5. The molecule has 1 aliphatic rings. The molecule has 0 aromatic heterocycles. The van der Waals surface area contributed by atoms with E-state index >= 15 is 0 Å². The first-order valence-corrected chi connectivity index (χ1v) is 8.43. The van der Waals surface area contributed by atoms with Crippen molar-refractivity contribution in [1.29, 1.82) is 0 Å². The third kappa shape index (κ3) is 4.69. The lowest BCUT2D eigenvalue weighted by molar-refractivity contribution is -0.149. The summed E-state index contributed by atoms with van der Waals surface area (Å²) in [6.45, 7) is 4.25. The maximum atomic E-state index is 12.1. The lowest BCUT2D eigenvalue weighted by atomic mass is 9.98. The van der Waals surface area contributed by atoms with Gasteiger partial charge in [0.2, 0.25) is 0 Å². The van der Waals surface area contributed by atoms with Crippen molar-refractivity contribution in [3.05, 3.63) is 0 Å². The fourth-order valence-electron chi connectivity index (χ4n) is 2.13. The quantitative estimate of drug-likeness (QED) is 0.639. The van der Waals surface area contributed by atoms with E-state index in [4.69, 9.17) is 9.84 Å². The first kappa shape index (κ1) is 17.4. The van der Waals surface area contributed by atoms with Crippen molar-refractivity contribution in [2.75, 3.05) is 26.3 Å². The summed E-state index contributed by atoms with van der Waals surface area (Å²) in [6.07, 6.45) is 1.46. The number of piperidine rings is 1. The highest BCUT2D eigenvalue weighted by Gasteiger charge is 2.32. The van der Waals surface area contributed by atoms with Gasteiger partial charge in [-0.15, -0.1) is 0 Å². The molecule has 118 valence electrons. The Bertz CT molecular complexity index is 400. The van der Waals surface area contributed by atoms with Crippen LogP contribution in [0.3, 0.4) is 0 Å². The summed E-state index contributed by atoms with van der Waals surface area (Å²) in [5.74, 6) is -0.472. The minimum Gasteiger partial charge on any atom is -0.466 e. The molecule has 1 atom stereocenters. The fraction of sp³-hybridized carbons (Fsp3) is 0.917. The molecule has 1 rings (SSSR count). The van der Waals surface area contributed by atoms with Crippen LogP contribution in [0.15, 0.2) is 0 Å². The molecule has 1 fully saturated rings. The van der Waals surface area contributed by atoms with Crippen LogP contribution in [0, 0.1) is 5.92 Å². The molecule has 0 aliphatic carbocycles. The van der Waals surface area contributed by atoms with Crippen LogP contribution in [0.5, 0.6) is 0 Å². The van der Waals surface area contributed by atoms with E-state index < -0.39 is 16.3 Å². The average molecular weight is 308 g/mol. The van der Waals surface area contributed by atoms with Gasteiger partial charge in [0.25, 0.3) is 10.2 Å². The van der Waals surface area contributed by atoms with Crippen molar-refractivity contribution in [2.24, 2.45) is 5.92 Å². The molecule has 0 aromatic rings. The minimum atomic E-state index is -3.60. The summed E-state index contributed by atoms with van der Waals surface area (Å²) in [5, 5.41) is 9.05. The molecule has 0 radical (unpaired) electrons. The molecule has 2 N–H and O–H groups in total. The third-order valence-corrected chi connectivity index (χ3v) is 5.12. The average Bonchev–Trinajstić information content (AvgIpc) is 2.45. The molecule has 8 heteroatoms. The molecule has 1 saturated heterocycles. The van der Waals surface area contributed by atoms with Crippen molar-refractivity contribution in [1.82, 2.24) is 9.03 Å². The Labute approximate surface area is 120 Å². The Morgan fingerprint density at radius 2 is 2.00 bits per heavy atom. The second-order valence-corrected chi connectivity index (χ2v) is 6.54. The predicted octanol–water partition coefficient (Wildman–Crippen LogP) is -0.133. The molecule has 0 amide bonds. The topological polar surface area (TPSA) is 95.9 Å². The highest BCUT2D eigenvalue weighted by Crippen LogP contribution is 2.20. The number of nitrogens with one attached hydrogen (secondary N) is 1. The summed E-state index contributed by atoms with van der Waals surface area (Å²) in [5.41, 5.74) is 0. The minimum absolute atomic E-state index is 0.221. The van der Waals surface area contributed by atoms with E-state index in [1.54, 1.807) is 13.8 Å². The number of aliphatic hydroxyl groups is 1. The highest BCUT2D eigenvalue weighted by molar-refractivity contribution is 7.87. The molecule has 0 spiro atoms. The molecule has 0 aromatic carbocycles. The molecule has 1 aliphatic heterocycles. The van der Waals surface area contributed by atoms with E-state index in [2.05, 4.69) is 4.72 Å². The highest BCUT2D eigenvalue weighted by atomic mass is 32.2. The summed E-state index contributed by atoms with van der Waals surface area (Å²) < 4.78 is 32.9. The second-order valence-electron chi connectivity index (χ2n) is 4.84. The van der Waals surface area contributed by atoms with Gasteiger partial charge in [0, 0.05) is 19.1 Å². The maximum Gasteiger partial charge on any atom is 0.309 e. The van der Waals surface area contributed by atoms with Crippen LogP contribution >= 0.6 is 0 Å². The van der Waals surface area contributed by atoms with Crippen LogP contribution < -0.4 is 4.72 Å². The van der Waals surface area contributed by atoms with E-state index in [0.29, 0.717) is 39.0 Å². The molecule has 1 heterocycles. The zero-order chi connectivity index (χ0) is 15.2. The largest absolute Gasteiger partial charge is 0.466 e. The van der Waals surface area contributed by atoms with Crippen molar-refractivity contribution >= 4 is 16.2 Å². The first-order valence-electron chi connectivity index (χ1n) is 6.99.